The van der Waals surface area contributed by atoms with Crippen molar-refractivity contribution in [3.8, 4) is 11.3 Å². The van der Waals surface area contributed by atoms with Crippen molar-refractivity contribution >= 4 is 11.7 Å². The highest BCUT2D eigenvalue weighted by Crippen LogP contribution is 2.15. The van der Waals surface area contributed by atoms with E-state index in [0.29, 0.717) is 12.2 Å². The first-order valence-corrected chi connectivity index (χ1v) is 7.98. The molecule has 0 atom stereocenters. The summed E-state index contributed by atoms with van der Waals surface area (Å²) in [6.07, 6.45) is 1.79. The van der Waals surface area contributed by atoms with Gasteiger partial charge in [-0.25, -0.2) is 9.48 Å². The predicted molar refractivity (Wildman–Crippen MR) is 98.3 cm³/mol. The van der Waals surface area contributed by atoms with Crippen molar-refractivity contribution < 1.29 is 0 Å². The lowest BCUT2D eigenvalue weighted by molar-refractivity contribution is 0.650. The molecular weight excluding hydrogens is 312 g/mol. The Bertz CT molecular complexity index is 1090. The molecule has 4 aromatic rings. The summed E-state index contributed by atoms with van der Waals surface area (Å²) in [5.74, 6) is 0. The van der Waals surface area contributed by atoms with Crippen LogP contribution in [0.3, 0.4) is 0 Å². The minimum absolute atomic E-state index is 0.249. The first kappa shape index (κ1) is 15.1. The Morgan fingerprint density at radius 3 is 2.40 bits per heavy atom. The summed E-state index contributed by atoms with van der Waals surface area (Å²) in [7, 11) is 0. The molecule has 0 spiro atoms. The highest BCUT2D eigenvalue weighted by molar-refractivity contribution is 5.59. The zero-order valence-electron chi connectivity index (χ0n) is 13.5. The molecule has 25 heavy (non-hydrogen) atoms. The van der Waals surface area contributed by atoms with Gasteiger partial charge in [0.05, 0.1) is 12.2 Å². The third-order valence-electron chi connectivity index (χ3n) is 4.06. The van der Waals surface area contributed by atoms with E-state index in [-0.39, 0.29) is 5.69 Å². The largest absolute Gasteiger partial charge is 0.367 e. The van der Waals surface area contributed by atoms with Gasteiger partial charge in [-0.15, -0.1) is 5.10 Å². The molecule has 0 aliphatic rings. The summed E-state index contributed by atoms with van der Waals surface area (Å²) in [6.45, 7) is 4.14. The first-order chi connectivity index (χ1) is 12.2. The van der Waals surface area contributed by atoms with Crippen molar-refractivity contribution in [2.75, 3.05) is 0 Å². The minimum atomic E-state index is -0.249. The van der Waals surface area contributed by atoms with Gasteiger partial charge in [-0.05, 0) is 23.3 Å². The monoisotopic (exact) mass is 328 g/mol. The van der Waals surface area contributed by atoms with Gasteiger partial charge in [0.25, 0.3) is 0 Å². The van der Waals surface area contributed by atoms with Crippen LogP contribution in [0.2, 0.25) is 0 Å². The number of benzene rings is 2. The van der Waals surface area contributed by atoms with E-state index in [1.807, 2.05) is 66.7 Å². The molecule has 5 heteroatoms. The van der Waals surface area contributed by atoms with Gasteiger partial charge in [0.2, 0.25) is 0 Å². The van der Waals surface area contributed by atoms with Crippen LogP contribution in [0.5, 0.6) is 0 Å². The molecule has 0 saturated heterocycles. The van der Waals surface area contributed by atoms with Crippen LogP contribution < -0.4 is 5.69 Å². The average Bonchev–Trinajstić information content (AvgIpc) is 2.98. The zero-order chi connectivity index (χ0) is 17.2. The average molecular weight is 328 g/mol. The van der Waals surface area contributed by atoms with Crippen molar-refractivity contribution in [2.24, 2.45) is 0 Å². The number of hydrogen-bond donors (Lipinski definition) is 0. The van der Waals surface area contributed by atoms with Crippen LogP contribution in [0.25, 0.3) is 23.0 Å². The van der Waals surface area contributed by atoms with Gasteiger partial charge in [-0.1, -0.05) is 67.3 Å². The molecule has 0 saturated carbocycles. The van der Waals surface area contributed by atoms with Crippen molar-refractivity contribution in [1.82, 2.24) is 19.4 Å². The van der Waals surface area contributed by atoms with Crippen molar-refractivity contribution in [3.05, 3.63) is 94.9 Å². The number of fused-ring (bicyclic) bond motifs is 1. The van der Waals surface area contributed by atoms with E-state index in [4.69, 9.17) is 0 Å². The summed E-state index contributed by atoms with van der Waals surface area (Å²) in [4.78, 5) is 12.6. The normalized spacial score (nSPS) is 10.9. The van der Waals surface area contributed by atoms with Gasteiger partial charge in [-0.2, -0.15) is 9.61 Å². The Morgan fingerprint density at radius 1 is 0.920 bits per heavy atom. The number of aromatic nitrogens is 4. The van der Waals surface area contributed by atoms with Gasteiger partial charge < -0.3 is 0 Å². The van der Waals surface area contributed by atoms with Crippen LogP contribution in [0, 0.1) is 0 Å². The SMILES string of the molecule is C=Cc1ccc(Cn2nc3ccc(-c4ccccc4)nn3c2=O)cc1. The Labute approximate surface area is 144 Å². The van der Waals surface area contributed by atoms with E-state index in [0.717, 1.165) is 22.4 Å². The van der Waals surface area contributed by atoms with Gasteiger partial charge in [0.15, 0.2) is 5.65 Å². The third kappa shape index (κ3) is 2.87. The second-order valence-electron chi connectivity index (χ2n) is 5.74. The third-order valence-corrected chi connectivity index (χ3v) is 4.06. The lowest BCUT2D eigenvalue weighted by atomic mass is 10.1. The fourth-order valence-corrected chi connectivity index (χ4v) is 2.71. The topological polar surface area (TPSA) is 52.2 Å². The van der Waals surface area contributed by atoms with Crippen LogP contribution in [-0.2, 0) is 6.54 Å². The van der Waals surface area contributed by atoms with Crippen LogP contribution in [-0.4, -0.2) is 19.4 Å². The maximum Gasteiger partial charge on any atom is 0.367 e. The van der Waals surface area contributed by atoms with E-state index in [1.165, 1.54) is 9.20 Å². The van der Waals surface area contributed by atoms with Crippen LogP contribution in [0.4, 0.5) is 0 Å². The second kappa shape index (κ2) is 6.20. The fraction of sp³-hybridized carbons (Fsp3) is 0.0500. The Balaban J connectivity index is 1.72. The Hall–Kier alpha value is -3.47. The van der Waals surface area contributed by atoms with Crippen LogP contribution in [0.15, 0.2) is 78.1 Å². The molecule has 2 heterocycles. The van der Waals surface area contributed by atoms with Crippen LogP contribution in [0.1, 0.15) is 11.1 Å². The van der Waals surface area contributed by atoms with E-state index >= 15 is 0 Å². The highest BCUT2D eigenvalue weighted by atomic mass is 16.2. The van der Waals surface area contributed by atoms with Gasteiger partial charge in [-0.3, -0.25) is 0 Å². The van der Waals surface area contributed by atoms with Gasteiger partial charge >= 0.3 is 5.69 Å². The molecule has 0 bridgehead atoms. The fourth-order valence-electron chi connectivity index (χ4n) is 2.71. The quantitative estimate of drug-likeness (QED) is 0.578. The summed E-state index contributed by atoms with van der Waals surface area (Å²) in [6, 6.07) is 21.3. The molecule has 0 N–H and O–H groups in total. The summed E-state index contributed by atoms with van der Waals surface area (Å²) >= 11 is 0. The predicted octanol–water partition coefficient (Wildman–Crippen LogP) is 3.25. The van der Waals surface area contributed by atoms with E-state index < -0.39 is 0 Å². The lowest BCUT2D eigenvalue weighted by Crippen LogP contribution is -2.23. The highest BCUT2D eigenvalue weighted by Gasteiger charge is 2.10. The standard InChI is InChI=1S/C20H16N4O/c1-2-15-8-10-16(11-9-15)14-23-20(25)24-19(22-23)13-12-18(21-24)17-6-4-3-5-7-17/h2-13H,1,14H2. The van der Waals surface area contributed by atoms with Gasteiger partial charge in [0.1, 0.15) is 0 Å². The molecule has 4 rings (SSSR count). The van der Waals surface area contributed by atoms with Crippen LogP contribution >= 0.6 is 0 Å². The molecule has 122 valence electrons. The number of hydrogen-bond acceptors (Lipinski definition) is 3. The molecule has 5 nitrogen and oxygen atoms in total. The number of rotatable bonds is 4. The summed E-state index contributed by atoms with van der Waals surface area (Å²) in [5.41, 5.74) is 4.03. The molecular formula is C20H16N4O. The Kier molecular flexibility index (Phi) is 3.74. The smallest absolute Gasteiger partial charge is 0.244 e. The molecule has 0 radical (unpaired) electrons. The molecule has 0 unspecified atom stereocenters. The molecule has 2 aromatic heterocycles. The van der Waals surface area contributed by atoms with E-state index in [2.05, 4.69) is 16.8 Å². The molecule has 0 aliphatic heterocycles. The molecule has 0 fully saturated rings. The van der Waals surface area contributed by atoms with Crippen molar-refractivity contribution in [1.29, 1.82) is 0 Å². The zero-order valence-corrected chi connectivity index (χ0v) is 13.5. The number of nitrogens with zero attached hydrogens (tertiary/aromatic N) is 4. The second-order valence-corrected chi connectivity index (χ2v) is 5.74. The van der Waals surface area contributed by atoms with E-state index in [1.54, 1.807) is 6.08 Å². The first-order valence-electron chi connectivity index (χ1n) is 7.98. The maximum absolute atomic E-state index is 12.6. The lowest BCUT2D eigenvalue weighted by Gasteiger charge is -2.00. The molecule has 0 aliphatic carbocycles. The summed E-state index contributed by atoms with van der Waals surface area (Å²) < 4.78 is 2.78. The Morgan fingerprint density at radius 2 is 1.68 bits per heavy atom. The van der Waals surface area contributed by atoms with Crippen molar-refractivity contribution in [3.63, 3.8) is 0 Å². The van der Waals surface area contributed by atoms with E-state index in [9.17, 15) is 4.79 Å². The summed E-state index contributed by atoms with van der Waals surface area (Å²) in [5, 5.41) is 8.81. The maximum atomic E-state index is 12.6. The minimum Gasteiger partial charge on any atom is -0.244 e. The molecule has 2 aromatic carbocycles. The van der Waals surface area contributed by atoms with Gasteiger partial charge in [0, 0.05) is 5.56 Å². The van der Waals surface area contributed by atoms with Crippen molar-refractivity contribution in [2.45, 2.75) is 6.54 Å². The molecule has 0 amide bonds.